The first-order valence-corrected chi connectivity index (χ1v) is 9.71. The van der Waals surface area contributed by atoms with E-state index in [1.807, 2.05) is 0 Å². The van der Waals surface area contributed by atoms with Crippen LogP contribution in [0.2, 0.25) is 0 Å². The lowest BCUT2D eigenvalue weighted by Crippen LogP contribution is -2.21. The Hall–Kier alpha value is -4.46. The van der Waals surface area contributed by atoms with Gasteiger partial charge in [0.15, 0.2) is 0 Å². The molecule has 3 rings (SSSR count). The Morgan fingerprint density at radius 3 is 1.34 bits per heavy atom. The first-order chi connectivity index (χ1) is 15.3. The molecule has 162 valence electrons. The largest absolute Gasteiger partial charge is 0.508 e. The first kappa shape index (κ1) is 22.2. The average molecular weight is 430 g/mol. The van der Waals surface area contributed by atoms with E-state index in [-0.39, 0.29) is 11.5 Å². The number of carbonyl (C=O) groups is 2. The van der Waals surface area contributed by atoms with Crippen LogP contribution in [0.25, 0.3) is 0 Å². The number of hydrogen-bond acceptors (Lipinski definition) is 6. The number of nitrogens with zero attached hydrogens (tertiary/aromatic N) is 2. The molecular weight excluding hydrogens is 408 g/mol. The van der Waals surface area contributed by atoms with Gasteiger partial charge >= 0.3 is 0 Å². The van der Waals surface area contributed by atoms with Gasteiger partial charge < -0.3 is 10.2 Å². The van der Waals surface area contributed by atoms with Gasteiger partial charge in [0.25, 0.3) is 11.8 Å². The zero-order chi connectivity index (χ0) is 23.1. The smallest absolute Gasteiger partial charge is 0.271 e. The summed E-state index contributed by atoms with van der Waals surface area (Å²) >= 11 is 0. The maximum Gasteiger partial charge on any atom is 0.271 e. The van der Waals surface area contributed by atoms with Crippen LogP contribution < -0.4 is 10.9 Å². The van der Waals surface area contributed by atoms with Gasteiger partial charge in [-0.1, -0.05) is 24.3 Å². The molecule has 4 N–H and O–H groups in total. The minimum atomic E-state index is -0.436. The van der Waals surface area contributed by atoms with E-state index in [4.69, 9.17) is 0 Å². The topological polar surface area (TPSA) is 123 Å². The van der Waals surface area contributed by atoms with Gasteiger partial charge in [-0.05, 0) is 62.4 Å². The number of hydrazone groups is 2. The lowest BCUT2D eigenvalue weighted by molar-refractivity contribution is 0.0943. The molecule has 0 saturated carbocycles. The first-order valence-electron chi connectivity index (χ1n) is 9.71. The molecule has 0 aliphatic carbocycles. The second-order valence-corrected chi connectivity index (χ2v) is 6.95. The normalized spacial score (nSPS) is 11.7. The highest BCUT2D eigenvalue weighted by molar-refractivity contribution is 6.02. The second kappa shape index (κ2) is 10.0. The van der Waals surface area contributed by atoms with Crippen molar-refractivity contribution >= 4 is 23.2 Å². The summed E-state index contributed by atoms with van der Waals surface area (Å²) in [7, 11) is 0. The number of carbonyl (C=O) groups excluding carboxylic acids is 2. The molecule has 3 aromatic rings. The number of phenolic OH excluding ortho intramolecular Hbond substituents is 2. The fourth-order valence-corrected chi connectivity index (χ4v) is 2.76. The Morgan fingerprint density at radius 1 is 0.625 bits per heavy atom. The fraction of sp³-hybridized carbons (Fsp3) is 0.0833. The monoisotopic (exact) mass is 430 g/mol. The Bertz CT molecular complexity index is 1110. The van der Waals surface area contributed by atoms with E-state index in [2.05, 4.69) is 21.1 Å². The number of amides is 2. The Labute approximate surface area is 184 Å². The van der Waals surface area contributed by atoms with Crippen molar-refractivity contribution in [2.75, 3.05) is 0 Å². The van der Waals surface area contributed by atoms with Crippen LogP contribution in [0.1, 0.15) is 45.7 Å². The summed E-state index contributed by atoms with van der Waals surface area (Å²) in [4.78, 5) is 24.6. The fourth-order valence-electron chi connectivity index (χ4n) is 2.76. The van der Waals surface area contributed by atoms with Gasteiger partial charge in [0.2, 0.25) is 0 Å². The molecule has 2 amide bonds. The molecule has 8 nitrogen and oxygen atoms in total. The van der Waals surface area contributed by atoms with Crippen molar-refractivity contribution < 1.29 is 19.8 Å². The molecule has 0 spiro atoms. The summed E-state index contributed by atoms with van der Waals surface area (Å²) in [5.74, 6) is -0.652. The number of benzene rings is 3. The lowest BCUT2D eigenvalue weighted by atomic mass is 10.1. The summed E-state index contributed by atoms with van der Waals surface area (Å²) in [6.07, 6.45) is 0. The molecule has 8 heteroatoms. The maximum absolute atomic E-state index is 12.3. The highest BCUT2D eigenvalue weighted by atomic mass is 16.3. The van der Waals surface area contributed by atoms with Crippen molar-refractivity contribution in [1.29, 1.82) is 0 Å². The highest BCUT2D eigenvalue weighted by Gasteiger charge is 2.09. The van der Waals surface area contributed by atoms with E-state index in [0.717, 1.165) is 0 Å². The van der Waals surface area contributed by atoms with Crippen LogP contribution in [-0.2, 0) is 0 Å². The van der Waals surface area contributed by atoms with E-state index >= 15 is 0 Å². The Kier molecular flexibility index (Phi) is 6.97. The van der Waals surface area contributed by atoms with E-state index < -0.39 is 11.8 Å². The summed E-state index contributed by atoms with van der Waals surface area (Å²) in [5.41, 5.74) is 7.98. The third kappa shape index (κ3) is 5.79. The SMILES string of the molecule is CC(=NNC(=O)c1ccc(C(=O)NN=C(C)c2cccc(O)c2)cc1)c1cccc(O)c1. The average Bonchev–Trinajstić information content (AvgIpc) is 2.80. The summed E-state index contributed by atoms with van der Waals surface area (Å²) < 4.78 is 0. The summed E-state index contributed by atoms with van der Waals surface area (Å²) in [5, 5.41) is 27.2. The van der Waals surface area contributed by atoms with Gasteiger partial charge in [-0.2, -0.15) is 10.2 Å². The zero-order valence-corrected chi connectivity index (χ0v) is 17.5. The predicted molar refractivity (Wildman–Crippen MR) is 122 cm³/mol. The number of aromatic hydroxyl groups is 2. The van der Waals surface area contributed by atoms with Crippen molar-refractivity contribution in [1.82, 2.24) is 10.9 Å². The van der Waals surface area contributed by atoms with Gasteiger partial charge in [0, 0.05) is 22.3 Å². The van der Waals surface area contributed by atoms with E-state index in [1.165, 1.54) is 24.3 Å². The molecule has 32 heavy (non-hydrogen) atoms. The number of nitrogens with one attached hydrogen (secondary N) is 2. The van der Waals surface area contributed by atoms with Crippen molar-refractivity contribution in [3.8, 4) is 11.5 Å². The maximum atomic E-state index is 12.3. The third-order valence-electron chi connectivity index (χ3n) is 4.59. The van der Waals surface area contributed by atoms with Gasteiger partial charge in [0.05, 0.1) is 11.4 Å². The molecule has 0 bridgehead atoms. The number of hydrogen-bond donors (Lipinski definition) is 4. The molecule has 0 fully saturated rings. The van der Waals surface area contributed by atoms with Crippen LogP contribution in [-0.4, -0.2) is 33.5 Å². The number of phenols is 2. The van der Waals surface area contributed by atoms with Crippen molar-refractivity contribution in [3.63, 3.8) is 0 Å². The molecule has 0 aliphatic rings. The van der Waals surface area contributed by atoms with Crippen molar-refractivity contribution in [2.45, 2.75) is 13.8 Å². The second-order valence-electron chi connectivity index (χ2n) is 6.95. The standard InChI is InChI=1S/C24H22N4O4/c1-15(19-5-3-7-21(29)13-19)25-27-23(31)17-9-11-18(12-10-17)24(32)28-26-16(2)20-6-4-8-22(30)14-20/h3-14,29-30H,1-2H3,(H,27,31)(H,28,32). The zero-order valence-electron chi connectivity index (χ0n) is 17.5. The lowest BCUT2D eigenvalue weighted by Gasteiger charge is -2.06. The molecule has 0 unspecified atom stereocenters. The van der Waals surface area contributed by atoms with Crippen LogP contribution in [0.15, 0.2) is 83.0 Å². The molecular formula is C24H22N4O4. The van der Waals surface area contributed by atoms with Gasteiger partial charge in [-0.3, -0.25) is 9.59 Å². The third-order valence-corrected chi connectivity index (χ3v) is 4.59. The molecule has 0 saturated heterocycles. The van der Waals surface area contributed by atoms with Crippen LogP contribution >= 0.6 is 0 Å². The summed E-state index contributed by atoms with van der Waals surface area (Å²) in [6.45, 7) is 3.42. The Balaban J connectivity index is 1.61. The van der Waals surface area contributed by atoms with Gasteiger partial charge in [-0.25, -0.2) is 10.9 Å². The van der Waals surface area contributed by atoms with Crippen LogP contribution in [0.4, 0.5) is 0 Å². The van der Waals surface area contributed by atoms with Crippen LogP contribution in [0.5, 0.6) is 11.5 Å². The number of rotatable bonds is 6. The minimum Gasteiger partial charge on any atom is -0.508 e. The highest BCUT2D eigenvalue weighted by Crippen LogP contribution is 2.13. The quantitative estimate of drug-likeness (QED) is 0.353. The predicted octanol–water partition coefficient (Wildman–Crippen LogP) is 3.41. The molecule has 3 aromatic carbocycles. The minimum absolute atomic E-state index is 0.110. The summed E-state index contributed by atoms with van der Waals surface area (Å²) in [6, 6.07) is 19.1. The van der Waals surface area contributed by atoms with Crippen molar-refractivity contribution in [2.24, 2.45) is 10.2 Å². The van der Waals surface area contributed by atoms with Crippen LogP contribution in [0.3, 0.4) is 0 Å². The van der Waals surface area contributed by atoms with E-state index in [0.29, 0.717) is 33.7 Å². The molecule has 0 atom stereocenters. The van der Waals surface area contributed by atoms with Crippen LogP contribution in [0, 0.1) is 0 Å². The Morgan fingerprint density at radius 2 is 1.00 bits per heavy atom. The molecule has 0 heterocycles. The molecule has 0 aliphatic heterocycles. The van der Waals surface area contributed by atoms with Gasteiger partial charge in [-0.15, -0.1) is 0 Å². The van der Waals surface area contributed by atoms with Crippen molar-refractivity contribution in [3.05, 3.63) is 95.1 Å². The van der Waals surface area contributed by atoms with Gasteiger partial charge in [0.1, 0.15) is 11.5 Å². The molecule has 0 aromatic heterocycles. The van der Waals surface area contributed by atoms with E-state index in [1.54, 1.807) is 62.4 Å². The van der Waals surface area contributed by atoms with E-state index in [9.17, 15) is 19.8 Å². The molecule has 0 radical (unpaired) electrons.